The second-order valence-electron chi connectivity index (χ2n) is 5.01. The first-order valence-corrected chi connectivity index (χ1v) is 8.05. The summed E-state index contributed by atoms with van der Waals surface area (Å²) in [5, 5.41) is 6.10. The van der Waals surface area contributed by atoms with Crippen LogP contribution in [0, 0.1) is 0 Å². The molecule has 1 aromatic carbocycles. The van der Waals surface area contributed by atoms with Crippen molar-refractivity contribution < 1.29 is 4.79 Å². The number of anilines is 1. The topological polar surface area (TPSA) is 68.0 Å². The van der Waals surface area contributed by atoms with Gasteiger partial charge in [0.15, 0.2) is 0 Å². The Hall–Kier alpha value is -1.88. The number of aromatic nitrogens is 1. The quantitative estimate of drug-likeness (QED) is 0.806. The van der Waals surface area contributed by atoms with E-state index in [0.717, 1.165) is 28.4 Å². The predicted molar refractivity (Wildman–Crippen MR) is 87.2 cm³/mol. The molecule has 0 aliphatic rings. The summed E-state index contributed by atoms with van der Waals surface area (Å²) in [6.07, 6.45) is 2.02. The molecule has 0 saturated heterocycles. The molecule has 1 aromatic heterocycles. The SMILES string of the molecule is CCc1nc(C(C)NC(=O)CCc2ccccc2N)cs1. The maximum atomic E-state index is 12.0. The Balaban J connectivity index is 1.85. The number of nitrogens with one attached hydrogen (secondary N) is 1. The normalized spacial score (nSPS) is 12.1. The molecule has 2 rings (SSSR count). The monoisotopic (exact) mass is 303 g/mol. The molecule has 112 valence electrons. The van der Waals surface area contributed by atoms with Gasteiger partial charge in [-0.25, -0.2) is 4.98 Å². The first-order chi connectivity index (χ1) is 10.1. The fraction of sp³-hybridized carbons (Fsp3) is 0.375. The molecular formula is C16H21N3OS. The highest BCUT2D eigenvalue weighted by atomic mass is 32.1. The van der Waals surface area contributed by atoms with Gasteiger partial charge in [0.25, 0.3) is 0 Å². The van der Waals surface area contributed by atoms with E-state index >= 15 is 0 Å². The highest BCUT2D eigenvalue weighted by molar-refractivity contribution is 7.09. The number of thiazole rings is 1. The van der Waals surface area contributed by atoms with E-state index in [4.69, 9.17) is 5.73 Å². The summed E-state index contributed by atoms with van der Waals surface area (Å²) in [4.78, 5) is 16.5. The largest absolute Gasteiger partial charge is 0.399 e. The fourth-order valence-electron chi connectivity index (χ4n) is 2.08. The molecule has 3 N–H and O–H groups in total. The lowest BCUT2D eigenvalue weighted by molar-refractivity contribution is -0.121. The number of hydrogen-bond acceptors (Lipinski definition) is 4. The van der Waals surface area contributed by atoms with Gasteiger partial charge in [-0.3, -0.25) is 4.79 Å². The number of carbonyl (C=O) groups excluding carboxylic acids is 1. The van der Waals surface area contributed by atoms with Gasteiger partial charge in [-0.1, -0.05) is 25.1 Å². The van der Waals surface area contributed by atoms with E-state index in [1.807, 2.05) is 36.6 Å². The zero-order valence-electron chi connectivity index (χ0n) is 12.4. The molecule has 0 saturated carbocycles. The average Bonchev–Trinajstić information content (AvgIpc) is 2.95. The summed E-state index contributed by atoms with van der Waals surface area (Å²) < 4.78 is 0. The minimum absolute atomic E-state index is 0.0248. The molecule has 1 heterocycles. The van der Waals surface area contributed by atoms with Crippen LogP contribution in [0.25, 0.3) is 0 Å². The Morgan fingerprint density at radius 3 is 2.86 bits per heavy atom. The molecule has 1 amide bonds. The van der Waals surface area contributed by atoms with Gasteiger partial charge in [0.2, 0.25) is 5.91 Å². The maximum absolute atomic E-state index is 12.0. The number of nitrogens with zero attached hydrogens (tertiary/aromatic N) is 1. The third-order valence-corrected chi connectivity index (χ3v) is 4.38. The van der Waals surface area contributed by atoms with Crippen LogP contribution in [-0.4, -0.2) is 10.9 Å². The van der Waals surface area contributed by atoms with Crippen molar-refractivity contribution in [2.75, 3.05) is 5.73 Å². The Kier molecular flexibility index (Phi) is 5.33. The Labute approximate surface area is 129 Å². The number of hydrogen-bond donors (Lipinski definition) is 2. The molecule has 5 heteroatoms. The van der Waals surface area contributed by atoms with Gasteiger partial charge >= 0.3 is 0 Å². The number of carbonyl (C=O) groups is 1. The third-order valence-electron chi connectivity index (χ3n) is 3.37. The van der Waals surface area contributed by atoms with Crippen LogP contribution in [0.4, 0.5) is 5.69 Å². The first kappa shape index (κ1) is 15.5. The zero-order valence-corrected chi connectivity index (χ0v) is 13.2. The van der Waals surface area contributed by atoms with Gasteiger partial charge in [0, 0.05) is 17.5 Å². The molecule has 0 aliphatic carbocycles. The van der Waals surface area contributed by atoms with Crippen LogP contribution in [0.3, 0.4) is 0 Å². The lowest BCUT2D eigenvalue weighted by atomic mass is 10.1. The highest BCUT2D eigenvalue weighted by Gasteiger charge is 2.13. The minimum Gasteiger partial charge on any atom is -0.399 e. The van der Waals surface area contributed by atoms with Crippen LogP contribution in [-0.2, 0) is 17.6 Å². The summed E-state index contributed by atoms with van der Waals surface area (Å²) in [6, 6.07) is 7.60. The van der Waals surface area contributed by atoms with Crippen LogP contribution in [0.1, 0.15) is 42.6 Å². The Bertz CT molecular complexity index is 609. The van der Waals surface area contributed by atoms with Crippen molar-refractivity contribution >= 4 is 22.9 Å². The second kappa shape index (κ2) is 7.22. The molecule has 0 spiro atoms. The number of benzene rings is 1. The van der Waals surface area contributed by atoms with Crippen molar-refractivity contribution in [3.63, 3.8) is 0 Å². The van der Waals surface area contributed by atoms with Crippen molar-refractivity contribution in [1.29, 1.82) is 0 Å². The molecule has 0 aliphatic heterocycles. The van der Waals surface area contributed by atoms with Crippen LogP contribution < -0.4 is 11.1 Å². The highest BCUT2D eigenvalue weighted by Crippen LogP contribution is 2.17. The van der Waals surface area contributed by atoms with E-state index in [2.05, 4.69) is 17.2 Å². The number of aryl methyl sites for hydroxylation is 2. The van der Waals surface area contributed by atoms with Gasteiger partial charge in [0.1, 0.15) is 0 Å². The molecule has 1 atom stereocenters. The van der Waals surface area contributed by atoms with E-state index in [9.17, 15) is 4.79 Å². The molecule has 0 bridgehead atoms. The van der Waals surface area contributed by atoms with E-state index in [-0.39, 0.29) is 11.9 Å². The van der Waals surface area contributed by atoms with E-state index in [1.54, 1.807) is 11.3 Å². The summed E-state index contributed by atoms with van der Waals surface area (Å²) in [5.74, 6) is 0.0248. The zero-order chi connectivity index (χ0) is 15.2. The second-order valence-corrected chi connectivity index (χ2v) is 5.95. The van der Waals surface area contributed by atoms with Gasteiger partial charge in [-0.2, -0.15) is 0 Å². The van der Waals surface area contributed by atoms with Crippen LogP contribution >= 0.6 is 11.3 Å². The van der Waals surface area contributed by atoms with Crippen molar-refractivity contribution in [2.24, 2.45) is 0 Å². The summed E-state index contributed by atoms with van der Waals surface area (Å²) >= 11 is 1.64. The lowest BCUT2D eigenvalue weighted by Crippen LogP contribution is -2.27. The lowest BCUT2D eigenvalue weighted by Gasteiger charge is -2.12. The molecule has 4 nitrogen and oxygen atoms in total. The van der Waals surface area contributed by atoms with Gasteiger partial charge in [-0.05, 0) is 31.4 Å². The van der Waals surface area contributed by atoms with Crippen LogP contribution in [0.5, 0.6) is 0 Å². The van der Waals surface area contributed by atoms with Crippen molar-refractivity contribution in [1.82, 2.24) is 10.3 Å². The van der Waals surface area contributed by atoms with Gasteiger partial charge in [0.05, 0.1) is 16.7 Å². The van der Waals surface area contributed by atoms with E-state index in [0.29, 0.717) is 12.8 Å². The Morgan fingerprint density at radius 1 is 1.43 bits per heavy atom. The van der Waals surface area contributed by atoms with E-state index in [1.165, 1.54) is 0 Å². The number of para-hydroxylation sites is 1. The van der Waals surface area contributed by atoms with Gasteiger partial charge in [-0.15, -0.1) is 11.3 Å². The van der Waals surface area contributed by atoms with E-state index < -0.39 is 0 Å². The molecule has 1 unspecified atom stereocenters. The molecule has 0 radical (unpaired) electrons. The molecule has 0 fully saturated rings. The maximum Gasteiger partial charge on any atom is 0.220 e. The van der Waals surface area contributed by atoms with Crippen LogP contribution in [0.15, 0.2) is 29.6 Å². The number of nitrogen functional groups attached to an aromatic ring is 1. The summed E-state index contributed by atoms with van der Waals surface area (Å²) in [6.45, 7) is 4.04. The molecular weight excluding hydrogens is 282 g/mol. The number of amides is 1. The average molecular weight is 303 g/mol. The van der Waals surface area contributed by atoms with Crippen molar-refractivity contribution in [2.45, 2.75) is 39.2 Å². The predicted octanol–water partition coefficient (Wildman–Crippen LogP) is 3.10. The van der Waals surface area contributed by atoms with Crippen molar-refractivity contribution in [3.8, 4) is 0 Å². The smallest absolute Gasteiger partial charge is 0.220 e. The molecule has 21 heavy (non-hydrogen) atoms. The number of nitrogens with two attached hydrogens (primary N) is 1. The third kappa shape index (κ3) is 4.29. The summed E-state index contributed by atoms with van der Waals surface area (Å²) in [7, 11) is 0. The first-order valence-electron chi connectivity index (χ1n) is 7.17. The minimum atomic E-state index is -0.0535. The van der Waals surface area contributed by atoms with Gasteiger partial charge < -0.3 is 11.1 Å². The standard InChI is InChI=1S/C16H21N3OS/c1-3-16-19-14(10-21-16)11(2)18-15(20)9-8-12-6-4-5-7-13(12)17/h4-7,10-11H,3,8-9,17H2,1-2H3,(H,18,20). The fourth-order valence-corrected chi connectivity index (χ4v) is 2.92. The molecule has 2 aromatic rings. The summed E-state index contributed by atoms with van der Waals surface area (Å²) in [5.41, 5.74) is 8.57. The Morgan fingerprint density at radius 2 is 2.19 bits per heavy atom. The van der Waals surface area contributed by atoms with Crippen LogP contribution in [0.2, 0.25) is 0 Å². The van der Waals surface area contributed by atoms with Crippen molar-refractivity contribution in [3.05, 3.63) is 45.9 Å². The number of rotatable bonds is 6.